The second kappa shape index (κ2) is 19.8. The molecule has 8 atom stereocenters. The minimum absolute atomic E-state index is 0.0283. The summed E-state index contributed by atoms with van der Waals surface area (Å²) in [6, 6.07) is 0. The van der Waals surface area contributed by atoms with Crippen molar-refractivity contribution in [2.45, 2.75) is 77.6 Å². The van der Waals surface area contributed by atoms with Gasteiger partial charge in [-0.25, -0.2) is 28.6 Å². The molecule has 0 radical (unpaired) electrons. The Kier molecular flexibility index (Phi) is 16.9. The van der Waals surface area contributed by atoms with Crippen molar-refractivity contribution in [2.75, 3.05) is 37.8 Å². The van der Waals surface area contributed by atoms with Gasteiger partial charge in [0.25, 0.3) is 0 Å². The van der Waals surface area contributed by atoms with Gasteiger partial charge >= 0.3 is 23.5 Å². The topological polar surface area (TPSA) is 364 Å². The van der Waals surface area contributed by atoms with Crippen molar-refractivity contribution in [2.24, 2.45) is 11.3 Å². The molecule has 3 heterocycles. The number of aromatic nitrogens is 4. The molecule has 0 aliphatic carbocycles. The Balaban J connectivity index is 1.49. The number of nitrogens with one attached hydrogen (secondary N) is 2. The summed E-state index contributed by atoms with van der Waals surface area (Å²) < 4.78 is 62.1. The number of rotatable bonds is 22. The number of aliphatic hydroxyl groups is 2. The van der Waals surface area contributed by atoms with E-state index in [4.69, 9.17) is 19.5 Å². The van der Waals surface area contributed by atoms with Crippen molar-refractivity contribution in [3.05, 3.63) is 12.7 Å². The van der Waals surface area contributed by atoms with Crippen molar-refractivity contribution >= 4 is 69.1 Å². The molecule has 1 fully saturated rings. The number of nitrogen functional groups attached to an aromatic ring is 1. The number of carbonyl (C=O) groups excluding carboxylic acids is 3. The van der Waals surface area contributed by atoms with E-state index in [1.165, 1.54) is 13.8 Å². The Hall–Kier alpha value is -2.44. The largest absolute Gasteiger partial charge is 0.481 e. The van der Waals surface area contributed by atoms with Gasteiger partial charge in [-0.15, -0.1) is 0 Å². The maximum absolute atomic E-state index is 12.7. The van der Waals surface area contributed by atoms with Crippen LogP contribution in [-0.2, 0) is 50.7 Å². The summed E-state index contributed by atoms with van der Waals surface area (Å²) in [4.78, 5) is 87.4. The molecule has 10 N–H and O–H groups in total. The van der Waals surface area contributed by atoms with Gasteiger partial charge in [0, 0.05) is 37.1 Å². The highest BCUT2D eigenvalue weighted by molar-refractivity contribution is 8.13. The first kappa shape index (κ1) is 46.9. The van der Waals surface area contributed by atoms with Crippen molar-refractivity contribution in [3.8, 4) is 0 Å². The lowest BCUT2D eigenvalue weighted by molar-refractivity contribution is -0.137. The predicted molar refractivity (Wildman–Crippen MR) is 191 cm³/mol. The number of nitrogens with two attached hydrogens (primary N) is 1. The summed E-state index contributed by atoms with van der Waals surface area (Å²) in [5.74, 6) is -0.786. The second-order valence-corrected chi connectivity index (χ2v) is 18.4. The number of amides is 2. The number of phosphoric acid groups is 3. The molecule has 0 aromatic carbocycles. The molecular formula is C27H46N7O17P3S. The van der Waals surface area contributed by atoms with Crippen molar-refractivity contribution in [1.82, 2.24) is 30.2 Å². The lowest BCUT2D eigenvalue weighted by Crippen LogP contribution is -2.46. The number of ether oxygens (including phenoxy) is 1. The molecule has 1 saturated heterocycles. The number of anilines is 1. The highest BCUT2D eigenvalue weighted by atomic mass is 32.2. The zero-order valence-corrected chi connectivity index (χ0v) is 33.6. The molecular weight excluding hydrogens is 819 g/mol. The van der Waals surface area contributed by atoms with Gasteiger partial charge in [-0.2, -0.15) is 4.31 Å². The van der Waals surface area contributed by atoms with E-state index in [9.17, 15) is 57.9 Å². The van der Waals surface area contributed by atoms with Crippen LogP contribution in [0.1, 0.15) is 53.2 Å². The molecule has 2 aromatic rings. The van der Waals surface area contributed by atoms with Crippen molar-refractivity contribution in [3.63, 3.8) is 0 Å². The Morgan fingerprint density at radius 3 is 2.40 bits per heavy atom. The van der Waals surface area contributed by atoms with Crippen LogP contribution in [-0.4, -0.2) is 123 Å². The number of hydrogen-bond acceptors (Lipinski definition) is 18. The highest BCUT2D eigenvalue weighted by Crippen LogP contribution is 2.61. The van der Waals surface area contributed by atoms with Crippen molar-refractivity contribution in [1.29, 1.82) is 0 Å². The molecule has 0 saturated carbocycles. The minimum atomic E-state index is -5.56. The number of imidazole rings is 1. The maximum Gasteiger partial charge on any atom is 0.481 e. The van der Waals surface area contributed by atoms with Gasteiger partial charge in [-0.3, -0.25) is 32.5 Å². The van der Waals surface area contributed by atoms with E-state index >= 15 is 0 Å². The van der Waals surface area contributed by atoms with Gasteiger partial charge in [0.1, 0.15) is 36.3 Å². The number of fused-ring (bicyclic) bond motifs is 1. The molecule has 0 spiro atoms. The Morgan fingerprint density at radius 1 is 1.07 bits per heavy atom. The summed E-state index contributed by atoms with van der Waals surface area (Å²) in [5, 5.41) is 26.4. The van der Waals surface area contributed by atoms with Crippen LogP contribution in [0.5, 0.6) is 0 Å². The van der Waals surface area contributed by atoms with E-state index in [2.05, 4.69) is 34.4 Å². The van der Waals surface area contributed by atoms with Crippen LogP contribution in [0.2, 0.25) is 0 Å². The van der Waals surface area contributed by atoms with E-state index in [0.717, 1.165) is 35.4 Å². The normalized spacial score (nSPS) is 22.4. The molecule has 24 nitrogen and oxygen atoms in total. The van der Waals surface area contributed by atoms with Gasteiger partial charge < -0.3 is 50.9 Å². The molecule has 3 rings (SSSR count). The van der Waals surface area contributed by atoms with Crippen LogP contribution in [0.15, 0.2) is 12.7 Å². The third-order valence-corrected chi connectivity index (χ3v) is 12.0. The van der Waals surface area contributed by atoms with Gasteiger partial charge in [0.05, 0.1) is 19.5 Å². The first-order chi connectivity index (χ1) is 25.4. The van der Waals surface area contributed by atoms with Crippen LogP contribution in [0, 0.1) is 11.3 Å². The minimum Gasteiger partial charge on any atom is -0.386 e. The van der Waals surface area contributed by atoms with Gasteiger partial charge in [0.15, 0.2) is 22.8 Å². The number of thioether (sulfide) groups is 1. The van der Waals surface area contributed by atoms with E-state index in [0.29, 0.717) is 12.2 Å². The summed E-state index contributed by atoms with van der Waals surface area (Å²) in [5.41, 5.74) is 4.27. The second-order valence-electron chi connectivity index (χ2n) is 13.0. The predicted octanol–water partition coefficient (Wildman–Crippen LogP) is 0.101. The summed E-state index contributed by atoms with van der Waals surface area (Å²) in [7, 11) is -16.4. The van der Waals surface area contributed by atoms with Gasteiger partial charge in [-0.05, 0) is 5.92 Å². The zero-order valence-electron chi connectivity index (χ0n) is 30.1. The summed E-state index contributed by atoms with van der Waals surface area (Å²) in [6.45, 7) is 4.50. The monoisotopic (exact) mass is 865 g/mol. The van der Waals surface area contributed by atoms with E-state index in [1.807, 2.05) is 13.8 Å². The maximum atomic E-state index is 12.7. The Bertz CT molecular complexity index is 1800. The van der Waals surface area contributed by atoms with Crippen molar-refractivity contribution < 1.29 is 80.5 Å². The lowest BCUT2D eigenvalue weighted by atomic mass is 9.87. The molecule has 0 bridgehead atoms. The number of phosphoric ester groups is 3. The Labute approximate surface area is 318 Å². The third kappa shape index (κ3) is 14.5. The number of hydrogen-bond donors (Lipinski definition) is 9. The molecule has 28 heteroatoms. The van der Waals surface area contributed by atoms with Crippen LogP contribution in [0.25, 0.3) is 11.2 Å². The van der Waals surface area contributed by atoms with E-state index in [-0.39, 0.29) is 47.5 Å². The molecule has 3 unspecified atom stereocenters. The third-order valence-electron chi connectivity index (χ3n) is 7.98. The standard InChI is InChI=1S/C27H46N7O17P3S/c1-5-15(2)10-18(36)55-9-8-29-17(35)6-7-30-25(39)22(38)27(3,4)12-48-54(45,46)51-53(43,44)47-11-16-21(50-52(40,41)42)20(37)26(49-16)34-14-33-19-23(28)31-13-32-24(19)34/h13-16,20-22,26,37-38H,5-12H2,1-4H3,(H,29,35)(H,30,39)(H,43,44)(H,45,46)(H2,28,31,32)(H2,40,41,42)/t15?,16-,20-,21-,22+,26-/m1/s1. The van der Waals surface area contributed by atoms with Crippen LogP contribution < -0.4 is 16.4 Å². The first-order valence-corrected chi connectivity index (χ1v) is 22.0. The zero-order chi connectivity index (χ0) is 41.4. The molecule has 2 amide bonds. The van der Waals surface area contributed by atoms with Crippen LogP contribution in [0.3, 0.4) is 0 Å². The highest BCUT2D eigenvalue weighted by Gasteiger charge is 2.50. The van der Waals surface area contributed by atoms with E-state index in [1.54, 1.807) is 0 Å². The average Bonchev–Trinajstić information content (AvgIpc) is 3.64. The molecule has 312 valence electrons. The quantitative estimate of drug-likeness (QED) is 0.0560. The summed E-state index contributed by atoms with van der Waals surface area (Å²) in [6.07, 6.45) is -5.56. The number of nitrogens with zero attached hydrogens (tertiary/aromatic N) is 4. The smallest absolute Gasteiger partial charge is 0.386 e. The fraction of sp³-hybridized carbons (Fsp3) is 0.704. The van der Waals surface area contributed by atoms with Crippen LogP contribution >= 0.6 is 35.2 Å². The number of aliphatic hydroxyl groups excluding tert-OH is 2. The van der Waals surface area contributed by atoms with Crippen LogP contribution in [0.4, 0.5) is 5.82 Å². The van der Waals surface area contributed by atoms with Gasteiger partial charge in [-0.1, -0.05) is 45.9 Å². The molecule has 2 aromatic heterocycles. The SMILES string of the molecule is CCC(C)CC(=O)SCCNC(=O)CCNC(=O)[C@H](O)C(C)(C)COP(=O)(O)OP(=O)(O)OC[C@H]1O[C@@H](n2cnc3c(N)ncnc32)[C@H](O)[C@@H]1OP(=O)(O)O. The lowest BCUT2D eigenvalue weighted by Gasteiger charge is -2.30. The molecule has 1 aliphatic heterocycles. The van der Waals surface area contributed by atoms with E-state index < -0.39 is 84.6 Å². The number of carbonyl (C=O) groups is 3. The molecule has 55 heavy (non-hydrogen) atoms. The van der Waals surface area contributed by atoms with Gasteiger partial charge in [0.2, 0.25) is 11.8 Å². The Morgan fingerprint density at radius 2 is 1.75 bits per heavy atom. The summed E-state index contributed by atoms with van der Waals surface area (Å²) >= 11 is 1.11. The fourth-order valence-electron chi connectivity index (χ4n) is 4.78. The first-order valence-electron chi connectivity index (χ1n) is 16.5. The molecule has 1 aliphatic rings. The average molecular weight is 866 g/mol. The fourth-order valence-corrected chi connectivity index (χ4v) is 8.45.